The van der Waals surface area contributed by atoms with Crippen molar-refractivity contribution < 1.29 is 4.39 Å². The third-order valence-corrected chi connectivity index (χ3v) is 4.55. The second-order valence-corrected chi connectivity index (χ2v) is 6.15. The predicted octanol–water partition coefficient (Wildman–Crippen LogP) is 3.38. The predicted molar refractivity (Wildman–Crippen MR) is 89.8 cm³/mol. The minimum absolute atomic E-state index is 0.236. The number of rotatable bonds is 4. The first-order chi connectivity index (χ1) is 11.7. The number of aromatic nitrogens is 4. The quantitative estimate of drug-likeness (QED) is 0.799. The molecule has 2 N–H and O–H groups in total. The highest BCUT2D eigenvalue weighted by molar-refractivity contribution is 5.53. The summed E-state index contributed by atoms with van der Waals surface area (Å²) in [5.41, 5.74) is 8.35. The van der Waals surface area contributed by atoms with Gasteiger partial charge in [0.15, 0.2) is 5.82 Å². The van der Waals surface area contributed by atoms with Gasteiger partial charge in [0.2, 0.25) is 0 Å². The highest BCUT2D eigenvalue weighted by Crippen LogP contribution is 2.38. The van der Waals surface area contributed by atoms with E-state index >= 15 is 0 Å². The fourth-order valence-electron chi connectivity index (χ4n) is 2.93. The Hall–Kier alpha value is -2.76. The van der Waals surface area contributed by atoms with Crippen LogP contribution in [-0.2, 0) is 6.54 Å². The summed E-state index contributed by atoms with van der Waals surface area (Å²) in [5, 5.41) is 4.44. The molecule has 0 amide bonds. The molecule has 1 saturated carbocycles. The molecule has 2 aromatic heterocycles. The van der Waals surface area contributed by atoms with Gasteiger partial charge >= 0.3 is 0 Å². The summed E-state index contributed by atoms with van der Waals surface area (Å²) in [4.78, 5) is 8.81. The van der Waals surface area contributed by atoms with Crippen molar-refractivity contribution in [3.05, 3.63) is 59.7 Å². The molecule has 2 heterocycles. The van der Waals surface area contributed by atoms with E-state index < -0.39 is 0 Å². The van der Waals surface area contributed by atoms with Crippen LogP contribution in [-0.4, -0.2) is 19.7 Å². The van der Waals surface area contributed by atoms with Crippen molar-refractivity contribution in [1.29, 1.82) is 0 Å². The molecule has 4 rings (SSSR count). The number of nitrogens with zero attached hydrogens (tertiary/aromatic N) is 4. The van der Waals surface area contributed by atoms with Crippen molar-refractivity contribution in [2.75, 3.05) is 5.73 Å². The molecule has 0 atom stereocenters. The number of anilines is 1. The molecule has 3 aromatic rings. The molecule has 0 radical (unpaired) electrons. The minimum Gasteiger partial charge on any atom is -0.383 e. The fraction of sp³-hybridized carbons (Fsp3) is 0.278. The molecule has 1 aliphatic carbocycles. The van der Waals surface area contributed by atoms with Gasteiger partial charge in [0.25, 0.3) is 0 Å². The lowest BCUT2D eigenvalue weighted by Crippen LogP contribution is -2.13. The van der Waals surface area contributed by atoms with E-state index in [1.54, 1.807) is 23.0 Å². The highest BCUT2D eigenvalue weighted by Gasteiger charge is 2.23. The Morgan fingerprint density at radius 2 is 2.04 bits per heavy atom. The highest BCUT2D eigenvalue weighted by atomic mass is 19.1. The molecular formula is C18H18FN5. The average Bonchev–Trinajstić information content (AvgIpc) is 2.98. The SMILES string of the molecule is Nc1nc(-c2ccn(Cc3ccccc3F)n2)ncc1C1CCC1. The summed E-state index contributed by atoms with van der Waals surface area (Å²) in [5.74, 6) is 1.30. The van der Waals surface area contributed by atoms with E-state index in [2.05, 4.69) is 15.1 Å². The van der Waals surface area contributed by atoms with Crippen LogP contribution in [0.4, 0.5) is 10.2 Å². The van der Waals surface area contributed by atoms with Gasteiger partial charge in [-0.05, 0) is 30.9 Å². The van der Waals surface area contributed by atoms with Gasteiger partial charge in [0.05, 0.1) is 6.54 Å². The Morgan fingerprint density at radius 3 is 2.75 bits per heavy atom. The van der Waals surface area contributed by atoms with Crippen LogP contribution in [0.15, 0.2) is 42.7 Å². The Kier molecular flexibility index (Phi) is 3.72. The van der Waals surface area contributed by atoms with Crippen molar-refractivity contribution in [3.8, 4) is 11.5 Å². The molecule has 0 spiro atoms. The summed E-state index contributed by atoms with van der Waals surface area (Å²) in [6, 6.07) is 8.50. The zero-order valence-electron chi connectivity index (χ0n) is 13.2. The lowest BCUT2D eigenvalue weighted by atomic mass is 9.81. The van der Waals surface area contributed by atoms with E-state index in [1.807, 2.05) is 18.3 Å². The van der Waals surface area contributed by atoms with Crippen molar-refractivity contribution in [2.45, 2.75) is 31.7 Å². The van der Waals surface area contributed by atoms with Gasteiger partial charge in [-0.3, -0.25) is 4.68 Å². The summed E-state index contributed by atoms with van der Waals surface area (Å²) in [6.45, 7) is 0.363. The van der Waals surface area contributed by atoms with Crippen LogP contribution in [0.25, 0.3) is 11.5 Å². The molecular weight excluding hydrogens is 305 g/mol. The van der Waals surface area contributed by atoms with E-state index in [4.69, 9.17) is 5.73 Å². The van der Waals surface area contributed by atoms with Crippen LogP contribution in [0.3, 0.4) is 0 Å². The molecule has 24 heavy (non-hydrogen) atoms. The van der Waals surface area contributed by atoms with Gasteiger partial charge in [-0.15, -0.1) is 0 Å². The molecule has 1 fully saturated rings. The number of nitrogens with two attached hydrogens (primary N) is 1. The number of hydrogen-bond acceptors (Lipinski definition) is 4. The third kappa shape index (κ3) is 2.75. The minimum atomic E-state index is -0.236. The van der Waals surface area contributed by atoms with Gasteiger partial charge in [0.1, 0.15) is 17.3 Å². The standard InChI is InChI=1S/C18H18FN5/c19-15-7-2-1-4-13(15)11-24-9-8-16(23-24)18-21-10-14(17(20)22-18)12-5-3-6-12/h1-2,4,7-10,12H,3,5-6,11H2,(H2,20,21,22). The van der Waals surface area contributed by atoms with Crippen molar-refractivity contribution in [2.24, 2.45) is 0 Å². The van der Waals surface area contributed by atoms with Crippen LogP contribution in [0, 0.1) is 5.82 Å². The van der Waals surface area contributed by atoms with Crippen LogP contribution >= 0.6 is 0 Å². The normalized spacial score (nSPS) is 14.5. The van der Waals surface area contributed by atoms with Gasteiger partial charge in [-0.25, -0.2) is 14.4 Å². The molecule has 1 aliphatic rings. The van der Waals surface area contributed by atoms with E-state index in [0.29, 0.717) is 35.4 Å². The molecule has 5 nitrogen and oxygen atoms in total. The van der Waals surface area contributed by atoms with Crippen molar-refractivity contribution >= 4 is 5.82 Å². The zero-order valence-corrected chi connectivity index (χ0v) is 13.2. The fourth-order valence-corrected chi connectivity index (χ4v) is 2.93. The van der Waals surface area contributed by atoms with E-state index in [9.17, 15) is 4.39 Å². The summed E-state index contributed by atoms with van der Waals surface area (Å²) >= 11 is 0. The second-order valence-electron chi connectivity index (χ2n) is 6.15. The van der Waals surface area contributed by atoms with Gasteiger partial charge < -0.3 is 5.73 Å². The Bertz CT molecular complexity index is 869. The first-order valence-corrected chi connectivity index (χ1v) is 8.10. The van der Waals surface area contributed by atoms with Crippen molar-refractivity contribution in [3.63, 3.8) is 0 Å². The average molecular weight is 323 g/mol. The number of hydrogen-bond donors (Lipinski definition) is 1. The van der Waals surface area contributed by atoms with Crippen LogP contribution < -0.4 is 5.73 Å². The molecule has 0 unspecified atom stereocenters. The molecule has 0 bridgehead atoms. The maximum atomic E-state index is 13.7. The summed E-state index contributed by atoms with van der Waals surface area (Å²) in [7, 11) is 0. The number of halogens is 1. The van der Waals surface area contributed by atoms with Crippen LogP contribution in [0.2, 0.25) is 0 Å². The van der Waals surface area contributed by atoms with E-state index in [0.717, 1.165) is 18.4 Å². The maximum Gasteiger partial charge on any atom is 0.182 e. The Labute approximate surface area is 139 Å². The lowest BCUT2D eigenvalue weighted by molar-refractivity contribution is 0.419. The first kappa shape index (κ1) is 14.8. The number of nitrogen functional groups attached to an aromatic ring is 1. The monoisotopic (exact) mass is 323 g/mol. The first-order valence-electron chi connectivity index (χ1n) is 8.10. The van der Waals surface area contributed by atoms with Crippen LogP contribution in [0.5, 0.6) is 0 Å². The topological polar surface area (TPSA) is 69.6 Å². The largest absolute Gasteiger partial charge is 0.383 e. The molecule has 0 aliphatic heterocycles. The van der Waals surface area contributed by atoms with Gasteiger partial charge in [0, 0.05) is 23.5 Å². The third-order valence-electron chi connectivity index (χ3n) is 4.55. The smallest absolute Gasteiger partial charge is 0.182 e. The van der Waals surface area contributed by atoms with Crippen LogP contribution in [0.1, 0.15) is 36.3 Å². The number of benzene rings is 1. The molecule has 6 heteroatoms. The zero-order chi connectivity index (χ0) is 16.5. The van der Waals surface area contributed by atoms with Crippen molar-refractivity contribution in [1.82, 2.24) is 19.7 Å². The van der Waals surface area contributed by atoms with Gasteiger partial charge in [-0.1, -0.05) is 24.6 Å². The maximum absolute atomic E-state index is 13.7. The van der Waals surface area contributed by atoms with E-state index in [-0.39, 0.29) is 5.82 Å². The summed E-state index contributed by atoms with van der Waals surface area (Å²) in [6.07, 6.45) is 7.17. The molecule has 122 valence electrons. The Balaban J connectivity index is 1.56. The molecule has 0 saturated heterocycles. The lowest BCUT2D eigenvalue weighted by Gasteiger charge is -2.26. The summed E-state index contributed by atoms with van der Waals surface area (Å²) < 4.78 is 15.4. The van der Waals surface area contributed by atoms with E-state index in [1.165, 1.54) is 12.5 Å². The second kappa shape index (κ2) is 6.03. The molecule has 1 aromatic carbocycles. The Morgan fingerprint density at radius 1 is 1.21 bits per heavy atom. The van der Waals surface area contributed by atoms with Gasteiger partial charge in [-0.2, -0.15) is 5.10 Å².